The van der Waals surface area contributed by atoms with Crippen molar-refractivity contribution in [3.63, 3.8) is 0 Å². The number of oxime groups is 1. The van der Waals surface area contributed by atoms with Gasteiger partial charge in [-0.05, 0) is 36.4 Å². The molecule has 0 radical (unpaired) electrons. The Morgan fingerprint density at radius 3 is 2.30 bits per heavy atom. The van der Waals surface area contributed by atoms with Crippen molar-refractivity contribution in [1.82, 2.24) is 4.98 Å². The van der Waals surface area contributed by atoms with Crippen LogP contribution in [0.25, 0.3) is 0 Å². The van der Waals surface area contributed by atoms with Gasteiger partial charge in [0.15, 0.2) is 6.61 Å². The zero-order valence-corrected chi connectivity index (χ0v) is 14.7. The molecule has 0 aliphatic heterocycles. The molecule has 2 aromatic carbocycles. The molecule has 0 unspecified atom stereocenters. The molecule has 1 aromatic heterocycles. The average Bonchev–Trinajstić information content (AvgIpc) is 2.74. The molecule has 3 rings (SSSR count). The smallest absolute Gasteiger partial charge is 0.372 e. The summed E-state index contributed by atoms with van der Waals surface area (Å²) in [4.78, 5) is 21.3. The fourth-order valence-electron chi connectivity index (χ4n) is 2.28. The number of hydrogen-bond acceptors (Lipinski definition) is 6. The maximum atomic E-state index is 12.0. The number of nitrogens with zero attached hydrogens (tertiary/aromatic N) is 2. The van der Waals surface area contributed by atoms with Crippen LogP contribution in [-0.4, -0.2) is 30.4 Å². The average molecular weight is 362 g/mol. The molecule has 3 aromatic rings. The zero-order chi connectivity index (χ0) is 18.9. The van der Waals surface area contributed by atoms with Crippen molar-refractivity contribution in [2.45, 2.75) is 0 Å². The summed E-state index contributed by atoms with van der Waals surface area (Å²) >= 11 is 0. The lowest BCUT2D eigenvalue weighted by Gasteiger charge is -2.07. The second kappa shape index (κ2) is 9.15. The molecule has 1 heterocycles. The van der Waals surface area contributed by atoms with E-state index >= 15 is 0 Å². The van der Waals surface area contributed by atoms with Crippen LogP contribution in [-0.2, 0) is 9.63 Å². The third-order valence-corrected chi connectivity index (χ3v) is 3.61. The molecule has 27 heavy (non-hydrogen) atoms. The lowest BCUT2D eigenvalue weighted by atomic mass is 10.1. The Hall–Kier alpha value is -3.67. The first-order valence-corrected chi connectivity index (χ1v) is 8.28. The first-order valence-electron chi connectivity index (χ1n) is 8.28. The normalized spacial score (nSPS) is 10.9. The Morgan fingerprint density at radius 2 is 1.63 bits per heavy atom. The van der Waals surface area contributed by atoms with Gasteiger partial charge in [0.25, 0.3) is 0 Å². The highest BCUT2D eigenvalue weighted by atomic mass is 16.7. The molecule has 6 heteroatoms. The molecule has 0 atom stereocenters. The summed E-state index contributed by atoms with van der Waals surface area (Å²) in [6.07, 6.45) is 1.66. The number of ether oxygens (including phenoxy) is 2. The second-order valence-electron chi connectivity index (χ2n) is 5.45. The molecule has 0 amide bonds. The maximum Gasteiger partial charge on any atom is 0.372 e. The second-order valence-corrected chi connectivity index (χ2v) is 5.45. The third kappa shape index (κ3) is 5.15. The quantitative estimate of drug-likeness (QED) is 0.366. The van der Waals surface area contributed by atoms with Crippen LogP contribution in [0.3, 0.4) is 0 Å². The summed E-state index contributed by atoms with van der Waals surface area (Å²) in [6.45, 7) is -0.264. The molecule has 0 fully saturated rings. The van der Waals surface area contributed by atoms with E-state index in [0.717, 1.165) is 5.56 Å². The molecule has 0 spiro atoms. The standard InChI is InChI=1S/C21H18N2O4/c1-25-17-10-12-18(13-11-17)26-15-20(24)27-23-21(16-7-3-2-4-8-16)19-9-5-6-14-22-19/h2-14H,15H2,1H3/b23-21-. The molecule has 0 aliphatic rings. The van der Waals surface area contributed by atoms with Gasteiger partial charge in [-0.15, -0.1) is 0 Å². The minimum absolute atomic E-state index is 0.264. The van der Waals surface area contributed by atoms with Crippen LogP contribution < -0.4 is 9.47 Å². The van der Waals surface area contributed by atoms with Crippen molar-refractivity contribution in [2.75, 3.05) is 13.7 Å². The van der Waals surface area contributed by atoms with Crippen LogP contribution in [0.4, 0.5) is 0 Å². The minimum Gasteiger partial charge on any atom is -0.497 e. The first kappa shape index (κ1) is 18.1. The third-order valence-electron chi connectivity index (χ3n) is 3.61. The highest BCUT2D eigenvalue weighted by Gasteiger charge is 2.11. The van der Waals surface area contributed by atoms with Gasteiger partial charge < -0.3 is 14.3 Å². The number of methoxy groups -OCH3 is 1. The van der Waals surface area contributed by atoms with Gasteiger partial charge in [-0.3, -0.25) is 4.98 Å². The molecule has 0 aliphatic carbocycles. The first-order chi connectivity index (χ1) is 13.3. The number of aromatic nitrogens is 1. The summed E-state index contributed by atoms with van der Waals surface area (Å²) in [5, 5.41) is 4.01. The molecular formula is C21H18N2O4. The van der Waals surface area contributed by atoms with Crippen LogP contribution in [0.2, 0.25) is 0 Å². The Kier molecular flexibility index (Phi) is 6.14. The van der Waals surface area contributed by atoms with E-state index < -0.39 is 5.97 Å². The van der Waals surface area contributed by atoms with E-state index in [1.807, 2.05) is 36.4 Å². The van der Waals surface area contributed by atoms with E-state index in [4.69, 9.17) is 14.3 Å². The fraction of sp³-hybridized carbons (Fsp3) is 0.0952. The molecule has 0 bridgehead atoms. The Labute approximate surface area is 157 Å². The number of pyridine rings is 1. The van der Waals surface area contributed by atoms with Crippen LogP contribution in [0, 0.1) is 0 Å². The van der Waals surface area contributed by atoms with Crippen LogP contribution in [0.5, 0.6) is 11.5 Å². The molecular weight excluding hydrogens is 344 g/mol. The van der Waals surface area contributed by atoms with E-state index in [-0.39, 0.29) is 6.61 Å². The van der Waals surface area contributed by atoms with Gasteiger partial charge in [0.1, 0.15) is 17.2 Å². The number of rotatable bonds is 7. The Bertz CT molecular complexity index is 853. The minimum atomic E-state index is -0.616. The van der Waals surface area contributed by atoms with Crippen molar-refractivity contribution in [3.8, 4) is 11.5 Å². The van der Waals surface area contributed by atoms with Gasteiger partial charge in [0.05, 0.1) is 12.8 Å². The number of hydrogen-bond donors (Lipinski definition) is 0. The largest absolute Gasteiger partial charge is 0.497 e. The number of carbonyl (C=O) groups excluding carboxylic acids is 1. The maximum absolute atomic E-state index is 12.0. The van der Waals surface area contributed by atoms with Crippen molar-refractivity contribution in [1.29, 1.82) is 0 Å². The summed E-state index contributed by atoms with van der Waals surface area (Å²) in [7, 11) is 1.58. The summed E-state index contributed by atoms with van der Waals surface area (Å²) in [5.41, 5.74) is 1.86. The monoisotopic (exact) mass is 362 g/mol. The highest BCUT2D eigenvalue weighted by molar-refractivity contribution is 6.11. The SMILES string of the molecule is COc1ccc(OCC(=O)O/N=C(/c2ccccc2)c2ccccn2)cc1. The van der Waals surface area contributed by atoms with Gasteiger partial charge in [0.2, 0.25) is 0 Å². The van der Waals surface area contributed by atoms with Crippen LogP contribution in [0.15, 0.2) is 84.1 Å². The van der Waals surface area contributed by atoms with Crippen LogP contribution >= 0.6 is 0 Å². The topological polar surface area (TPSA) is 70.0 Å². The van der Waals surface area contributed by atoms with E-state index in [1.165, 1.54) is 0 Å². The van der Waals surface area contributed by atoms with Gasteiger partial charge in [0, 0.05) is 11.8 Å². The lowest BCUT2D eigenvalue weighted by Crippen LogP contribution is -2.14. The Balaban J connectivity index is 1.67. The van der Waals surface area contributed by atoms with Crippen LogP contribution in [0.1, 0.15) is 11.3 Å². The highest BCUT2D eigenvalue weighted by Crippen LogP contribution is 2.17. The van der Waals surface area contributed by atoms with Crippen molar-refractivity contribution >= 4 is 11.7 Å². The molecule has 0 saturated heterocycles. The summed E-state index contributed by atoms with van der Waals surface area (Å²) in [5.74, 6) is 0.623. The van der Waals surface area contributed by atoms with E-state index in [2.05, 4.69) is 10.1 Å². The van der Waals surface area contributed by atoms with Crippen molar-refractivity contribution < 1.29 is 19.1 Å². The van der Waals surface area contributed by atoms with Gasteiger partial charge >= 0.3 is 5.97 Å². The number of carbonyl (C=O) groups is 1. The fourth-order valence-corrected chi connectivity index (χ4v) is 2.28. The molecule has 6 nitrogen and oxygen atoms in total. The predicted molar refractivity (Wildman–Crippen MR) is 101 cm³/mol. The molecule has 0 saturated carbocycles. The Morgan fingerprint density at radius 1 is 0.926 bits per heavy atom. The number of benzene rings is 2. The van der Waals surface area contributed by atoms with Gasteiger partial charge in [-0.2, -0.15) is 0 Å². The van der Waals surface area contributed by atoms with Crippen molar-refractivity contribution in [3.05, 3.63) is 90.3 Å². The van der Waals surface area contributed by atoms with E-state index in [1.54, 1.807) is 49.7 Å². The van der Waals surface area contributed by atoms with Gasteiger partial charge in [-0.1, -0.05) is 41.6 Å². The lowest BCUT2D eigenvalue weighted by molar-refractivity contribution is -0.146. The van der Waals surface area contributed by atoms with E-state index in [0.29, 0.717) is 22.9 Å². The predicted octanol–water partition coefficient (Wildman–Crippen LogP) is 3.46. The molecule has 0 N–H and O–H groups in total. The summed E-state index contributed by atoms with van der Waals surface area (Å²) < 4.78 is 10.5. The summed E-state index contributed by atoms with van der Waals surface area (Å²) in [6, 6.07) is 21.7. The zero-order valence-electron chi connectivity index (χ0n) is 14.7. The molecule has 136 valence electrons. The van der Waals surface area contributed by atoms with Gasteiger partial charge in [-0.25, -0.2) is 4.79 Å². The van der Waals surface area contributed by atoms with E-state index in [9.17, 15) is 4.79 Å². The van der Waals surface area contributed by atoms with Crippen molar-refractivity contribution in [2.24, 2.45) is 5.16 Å².